The fourth-order valence-electron chi connectivity index (χ4n) is 2.36. The Morgan fingerprint density at radius 3 is 2.50 bits per heavy atom. The van der Waals surface area contributed by atoms with Crippen molar-refractivity contribution in [3.05, 3.63) is 59.9 Å². The van der Waals surface area contributed by atoms with Crippen LogP contribution in [0.4, 0.5) is 5.69 Å². The van der Waals surface area contributed by atoms with Crippen LogP contribution in [0.15, 0.2) is 48.7 Å². The van der Waals surface area contributed by atoms with Crippen LogP contribution >= 0.6 is 0 Å². The van der Waals surface area contributed by atoms with E-state index in [2.05, 4.69) is 10.3 Å². The molecule has 7 nitrogen and oxygen atoms in total. The summed E-state index contributed by atoms with van der Waals surface area (Å²) in [5.41, 5.74) is 1.41. The van der Waals surface area contributed by atoms with E-state index in [-0.39, 0.29) is 30.3 Å². The molecule has 0 aliphatic rings. The van der Waals surface area contributed by atoms with Crippen LogP contribution in [0.1, 0.15) is 29.4 Å². The number of esters is 1. The van der Waals surface area contributed by atoms with E-state index in [9.17, 15) is 14.4 Å². The average molecular weight is 355 g/mol. The maximum Gasteiger partial charge on any atom is 0.339 e. The molecule has 0 aliphatic heterocycles. The molecule has 1 aromatic heterocycles. The Morgan fingerprint density at radius 2 is 1.85 bits per heavy atom. The summed E-state index contributed by atoms with van der Waals surface area (Å²) in [5.74, 6) is -0.964. The number of hydrogen-bond donors (Lipinski definition) is 1. The van der Waals surface area contributed by atoms with Crippen molar-refractivity contribution >= 4 is 23.5 Å². The number of anilines is 1. The van der Waals surface area contributed by atoms with Gasteiger partial charge in [-0.25, -0.2) is 4.79 Å². The minimum atomic E-state index is -0.526. The van der Waals surface area contributed by atoms with Gasteiger partial charge in [-0.05, 0) is 24.3 Å². The molecule has 0 saturated carbocycles. The third kappa shape index (κ3) is 5.41. The first kappa shape index (κ1) is 19.1. The molecule has 26 heavy (non-hydrogen) atoms. The third-order valence-corrected chi connectivity index (χ3v) is 3.74. The highest BCUT2D eigenvalue weighted by Crippen LogP contribution is 2.16. The minimum Gasteiger partial charge on any atom is -0.465 e. The van der Waals surface area contributed by atoms with Gasteiger partial charge in [0.25, 0.3) is 0 Å². The van der Waals surface area contributed by atoms with Crippen molar-refractivity contribution in [2.75, 3.05) is 19.0 Å². The van der Waals surface area contributed by atoms with Crippen molar-refractivity contribution in [1.29, 1.82) is 0 Å². The molecule has 0 saturated heterocycles. The zero-order valence-electron chi connectivity index (χ0n) is 14.8. The number of rotatable bonds is 7. The summed E-state index contributed by atoms with van der Waals surface area (Å²) in [4.78, 5) is 41.5. The average Bonchev–Trinajstić information content (AvgIpc) is 2.65. The standard InChI is InChI=1S/C19H21N3O4/c1-14(23)22(13-15-7-5-6-11-20-15)12-10-18(24)21-17-9-4-3-8-16(17)19(25)26-2/h3-9,11H,10,12-13H2,1-2H3,(H,21,24). The summed E-state index contributed by atoms with van der Waals surface area (Å²) in [6, 6.07) is 12.1. The number of pyridine rings is 1. The summed E-state index contributed by atoms with van der Waals surface area (Å²) in [5, 5.41) is 2.69. The lowest BCUT2D eigenvalue weighted by molar-refractivity contribution is -0.130. The van der Waals surface area contributed by atoms with Gasteiger partial charge >= 0.3 is 5.97 Å². The molecule has 0 radical (unpaired) electrons. The highest BCUT2D eigenvalue weighted by atomic mass is 16.5. The molecule has 1 heterocycles. The summed E-state index contributed by atoms with van der Waals surface area (Å²) in [6.07, 6.45) is 1.76. The summed E-state index contributed by atoms with van der Waals surface area (Å²) < 4.78 is 4.70. The molecule has 0 aliphatic carbocycles. The second-order valence-electron chi connectivity index (χ2n) is 5.60. The molecule has 2 aromatic rings. The van der Waals surface area contributed by atoms with Gasteiger partial charge in [-0.15, -0.1) is 0 Å². The van der Waals surface area contributed by atoms with Gasteiger partial charge in [-0.1, -0.05) is 18.2 Å². The second kappa shape index (κ2) is 9.31. The van der Waals surface area contributed by atoms with Crippen molar-refractivity contribution in [2.24, 2.45) is 0 Å². The first-order chi connectivity index (χ1) is 12.5. The maximum atomic E-state index is 12.2. The van der Waals surface area contributed by atoms with Crippen LogP contribution in [0.25, 0.3) is 0 Å². The van der Waals surface area contributed by atoms with E-state index >= 15 is 0 Å². The molecule has 2 amide bonds. The number of hydrogen-bond acceptors (Lipinski definition) is 5. The summed E-state index contributed by atoms with van der Waals surface area (Å²) >= 11 is 0. The van der Waals surface area contributed by atoms with E-state index in [1.54, 1.807) is 41.4 Å². The predicted molar refractivity (Wildman–Crippen MR) is 96.4 cm³/mol. The first-order valence-electron chi connectivity index (χ1n) is 8.14. The van der Waals surface area contributed by atoms with Crippen molar-refractivity contribution in [3.63, 3.8) is 0 Å². The molecule has 1 aromatic carbocycles. The molecular weight excluding hydrogens is 334 g/mol. The fourth-order valence-corrected chi connectivity index (χ4v) is 2.36. The Morgan fingerprint density at radius 1 is 1.12 bits per heavy atom. The lowest BCUT2D eigenvalue weighted by atomic mass is 10.1. The van der Waals surface area contributed by atoms with Gasteiger partial charge in [-0.3, -0.25) is 14.6 Å². The molecule has 0 unspecified atom stereocenters. The molecule has 0 atom stereocenters. The van der Waals surface area contributed by atoms with Crippen LogP contribution in [-0.2, 0) is 20.9 Å². The Bertz CT molecular complexity index is 777. The first-order valence-corrected chi connectivity index (χ1v) is 8.14. The van der Waals surface area contributed by atoms with Gasteiger partial charge in [0.2, 0.25) is 11.8 Å². The molecule has 0 bridgehead atoms. The van der Waals surface area contributed by atoms with E-state index in [0.29, 0.717) is 12.2 Å². The van der Waals surface area contributed by atoms with Crippen LogP contribution in [0, 0.1) is 0 Å². The van der Waals surface area contributed by atoms with Crippen LogP contribution < -0.4 is 5.32 Å². The Hall–Kier alpha value is -3.22. The number of para-hydroxylation sites is 1. The number of amides is 2. The number of carbonyl (C=O) groups is 3. The van der Waals surface area contributed by atoms with E-state index < -0.39 is 5.97 Å². The molecule has 2 rings (SSSR count). The molecule has 7 heteroatoms. The number of aromatic nitrogens is 1. The van der Waals surface area contributed by atoms with Crippen LogP contribution in [0.2, 0.25) is 0 Å². The highest BCUT2D eigenvalue weighted by Gasteiger charge is 2.15. The Labute approximate surface area is 152 Å². The van der Waals surface area contributed by atoms with Gasteiger partial charge in [-0.2, -0.15) is 0 Å². The van der Waals surface area contributed by atoms with Crippen LogP contribution in [0.3, 0.4) is 0 Å². The third-order valence-electron chi connectivity index (χ3n) is 3.74. The van der Waals surface area contributed by atoms with Gasteiger partial charge in [0.05, 0.1) is 30.6 Å². The smallest absolute Gasteiger partial charge is 0.339 e. The second-order valence-corrected chi connectivity index (χ2v) is 5.60. The largest absolute Gasteiger partial charge is 0.465 e. The van der Waals surface area contributed by atoms with Gasteiger partial charge in [0.15, 0.2) is 0 Å². The molecular formula is C19H21N3O4. The van der Waals surface area contributed by atoms with Crippen LogP contribution in [0.5, 0.6) is 0 Å². The van der Waals surface area contributed by atoms with E-state index in [1.165, 1.54) is 14.0 Å². The number of nitrogens with zero attached hydrogens (tertiary/aromatic N) is 2. The minimum absolute atomic E-state index is 0.0991. The van der Waals surface area contributed by atoms with Crippen molar-refractivity contribution < 1.29 is 19.1 Å². The lowest BCUT2D eigenvalue weighted by Crippen LogP contribution is -2.32. The number of benzene rings is 1. The Balaban J connectivity index is 1.97. The quantitative estimate of drug-likeness (QED) is 0.770. The monoisotopic (exact) mass is 355 g/mol. The highest BCUT2D eigenvalue weighted by molar-refractivity contribution is 6.01. The maximum absolute atomic E-state index is 12.2. The predicted octanol–water partition coefficient (Wildman–Crippen LogP) is 2.25. The summed E-state index contributed by atoms with van der Waals surface area (Å²) in [6.45, 7) is 2.04. The zero-order valence-corrected chi connectivity index (χ0v) is 14.8. The van der Waals surface area contributed by atoms with E-state index in [1.807, 2.05) is 12.1 Å². The van der Waals surface area contributed by atoms with Crippen molar-refractivity contribution in [1.82, 2.24) is 9.88 Å². The zero-order chi connectivity index (χ0) is 18.9. The van der Waals surface area contributed by atoms with Gasteiger partial charge in [0, 0.05) is 26.1 Å². The van der Waals surface area contributed by atoms with E-state index in [0.717, 1.165) is 5.69 Å². The molecule has 0 fully saturated rings. The fraction of sp³-hybridized carbons (Fsp3) is 0.263. The number of nitrogens with one attached hydrogen (secondary N) is 1. The van der Waals surface area contributed by atoms with Crippen LogP contribution in [-0.4, -0.2) is 41.3 Å². The van der Waals surface area contributed by atoms with Gasteiger partial charge < -0.3 is 15.0 Å². The normalized spacial score (nSPS) is 10.1. The topological polar surface area (TPSA) is 88.6 Å². The number of ether oxygens (including phenoxy) is 1. The van der Waals surface area contributed by atoms with Gasteiger partial charge in [0.1, 0.15) is 0 Å². The molecule has 1 N–H and O–H groups in total. The number of methoxy groups -OCH3 is 1. The summed E-state index contributed by atoms with van der Waals surface area (Å²) in [7, 11) is 1.28. The molecule has 136 valence electrons. The Kier molecular flexibility index (Phi) is 6.84. The SMILES string of the molecule is COC(=O)c1ccccc1NC(=O)CCN(Cc1ccccn1)C(C)=O. The van der Waals surface area contributed by atoms with Crippen molar-refractivity contribution in [3.8, 4) is 0 Å². The molecule has 0 spiro atoms. The van der Waals surface area contributed by atoms with Crippen molar-refractivity contribution in [2.45, 2.75) is 19.9 Å². The lowest BCUT2D eigenvalue weighted by Gasteiger charge is -2.20. The van der Waals surface area contributed by atoms with E-state index in [4.69, 9.17) is 4.74 Å². The number of carbonyl (C=O) groups excluding carboxylic acids is 3.